The molecule has 1 aromatic rings. The van der Waals surface area contributed by atoms with E-state index >= 15 is 0 Å². The molecule has 0 aromatic heterocycles. The first-order chi connectivity index (χ1) is 10.1. The fourth-order valence-corrected chi connectivity index (χ4v) is 2.48. The minimum atomic E-state index is -0.243. The van der Waals surface area contributed by atoms with E-state index in [-0.39, 0.29) is 17.6 Å². The molecule has 1 unspecified atom stereocenters. The number of halogens is 1. The fourth-order valence-electron chi connectivity index (χ4n) is 2.28. The van der Waals surface area contributed by atoms with E-state index < -0.39 is 0 Å². The zero-order valence-corrected chi connectivity index (χ0v) is 13.1. The summed E-state index contributed by atoms with van der Waals surface area (Å²) >= 11 is 6.00. The van der Waals surface area contributed by atoms with Gasteiger partial charge in [0.2, 0.25) is 0 Å². The highest BCUT2D eigenvalue weighted by atomic mass is 35.5. The van der Waals surface area contributed by atoms with Gasteiger partial charge in [0.1, 0.15) is 0 Å². The van der Waals surface area contributed by atoms with Crippen LogP contribution in [0.15, 0.2) is 24.3 Å². The molecule has 116 valence electrons. The first-order valence-electron chi connectivity index (χ1n) is 6.90. The molecular weight excluding hydrogens is 292 g/mol. The number of carbonyl (C=O) groups is 1. The number of ether oxygens (including phenoxy) is 2. The van der Waals surface area contributed by atoms with Gasteiger partial charge in [-0.05, 0) is 30.5 Å². The van der Waals surface area contributed by atoms with E-state index in [9.17, 15) is 4.79 Å². The highest BCUT2D eigenvalue weighted by molar-refractivity contribution is 6.30. The van der Waals surface area contributed by atoms with Gasteiger partial charge in [-0.3, -0.25) is 0 Å². The Labute approximate surface area is 130 Å². The van der Waals surface area contributed by atoms with Crippen molar-refractivity contribution in [3.05, 3.63) is 34.9 Å². The molecule has 1 atom stereocenters. The third-order valence-corrected chi connectivity index (χ3v) is 3.78. The van der Waals surface area contributed by atoms with Crippen LogP contribution in [0.25, 0.3) is 0 Å². The van der Waals surface area contributed by atoms with E-state index in [1.165, 1.54) is 0 Å². The first-order valence-corrected chi connectivity index (χ1v) is 7.28. The van der Waals surface area contributed by atoms with Gasteiger partial charge < -0.3 is 20.1 Å². The number of hydrogen-bond donors (Lipinski definition) is 2. The molecule has 1 aliphatic carbocycles. The Bertz CT molecular complexity index is 492. The molecule has 2 N–H and O–H groups in total. The molecule has 1 saturated carbocycles. The summed E-state index contributed by atoms with van der Waals surface area (Å²) in [7, 11) is 3.24. The fraction of sp³-hybridized carbons (Fsp3) is 0.533. The van der Waals surface area contributed by atoms with E-state index in [1.54, 1.807) is 20.3 Å². The zero-order valence-electron chi connectivity index (χ0n) is 12.3. The number of hydrogen-bond acceptors (Lipinski definition) is 3. The average Bonchev–Trinajstić information content (AvgIpc) is 3.18. The molecule has 0 radical (unpaired) electrons. The number of methoxy groups -OCH3 is 2. The second-order valence-electron chi connectivity index (χ2n) is 5.37. The van der Waals surface area contributed by atoms with Crippen LogP contribution in [-0.2, 0) is 9.47 Å². The summed E-state index contributed by atoms with van der Waals surface area (Å²) in [6.07, 6.45) is 1.89. The lowest BCUT2D eigenvalue weighted by Crippen LogP contribution is -2.47. The Balaban J connectivity index is 1.98. The average molecular weight is 313 g/mol. The van der Waals surface area contributed by atoms with Crippen LogP contribution >= 0.6 is 11.6 Å². The minimum Gasteiger partial charge on any atom is -0.382 e. The van der Waals surface area contributed by atoms with Gasteiger partial charge in [0.15, 0.2) is 0 Å². The van der Waals surface area contributed by atoms with Crippen LogP contribution in [0.4, 0.5) is 4.79 Å². The second kappa shape index (κ2) is 7.11. The number of rotatable bonds is 7. The van der Waals surface area contributed by atoms with Crippen molar-refractivity contribution in [1.29, 1.82) is 0 Å². The molecule has 0 spiro atoms. The molecule has 0 aliphatic heterocycles. The Kier molecular flexibility index (Phi) is 5.45. The van der Waals surface area contributed by atoms with Crippen molar-refractivity contribution < 1.29 is 14.3 Å². The summed E-state index contributed by atoms with van der Waals surface area (Å²) in [6, 6.07) is 6.93. The van der Waals surface area contributed by atoms with Crippen molar-refractivity contribution in [3.8, 4) is 0 Å². The lowest BCUT2D eigenvalue weighted by molar-refractivity contribution is 0.149. The lowest BCUT2D eigenvalue weighted by Gasteiger charge is -2.22. The monoisotopic (exact) mass is 312 g/mol. The molecule has 0 heterocycles. The molecule has 1 aliphatic rings. The largest absolute Gasteiger partial charge is 0.382 e. The molecule has 6 heteroatoms. The van der Waals surface area contributed by atoms with Crippen LogP contribution in [0.5, 0.6) is 0 Å². The Morgan fingerprint density at radius 1 is 1.38 bits per heavy atom. The number of urea groups is 1. The molecule has 0 saturated heterocycles. The third kappa shape index (κ3) is 4.59. The van der Waals surface area contributed by atoms with Crippen molar-refractivity contribution in [2.24, 2.45) is 0 Å². The molecular formula is C15H21ClN2O3. The van der Waals surface area contributed by atoms with Gasteiger partial charge in [-0.15, -0.1) is 0 Å². The topological polar surface area (TPSA) is 59.6 Å². The van der Waals surface area contributed by atoms with Crippen molar-refractivity contribution in [3.63, 3.8) is 0 Å². The molecule has 1 fully saturated rings. The maximum Gasteiger partial charge on any atom is 0.315 e. The predicted octanol–water partition coefficient (Wildman–Crippen LogP) is 2.51. The number of carbonyl (C=O) groups excluding carboxylic acids is 1. The number of nitrogens with one attached hydrogen (secondary N) is 2. The summed E-state index contributed by atoms with van der Waals surface area (Å²) in [5.41, 5.74) is 0.709. The van der Waals surface area contributed by atoms with Crippen molar-refractivity contribution in [2.75, 3.05) is 27.4 Å². The number of benzene rings is 1. The van der Waals surface area contributed by atoms with Crippen molar-refractivity contribution in [1.82, 2.24) is 10.6 Å². The van der Waals surface area contributed by atoms with Crippen LogP contribution in [0, 0.1) is 0 Å². The predicted molar refractivity (Wildman–Crippen MR) is 81.6 cm³/mol. The van der Waals surface area contributed by atoms with Gasteiger partial charge in [-0.25, -0.2) is 4.79 Å². The van der Waals surface area contributed by atoms with Gasteiger partial charge in [-0.1, -0.05) is 23.7 Å². The van der Waals surface area contributed by atoms with E-state index in [0.717, 1.165) is 18.4 Å². The van der Waals surface area contributed by atoms with Crippen LogP contribution in [-0.4, -0.2) is 39.0 Å². The zero-order chi connectivity index (χ0) is 15.3. The van der Waals surface area contributed by atoms with Crippen LogP contribution in [0.2, 0.25) is 5.02 Å². The molecule has 21 heavy (non-hydrogen) atoms. The summed E-state index contributed by atoms with van der Waals surface area (Å²) in [4.78, 5) is 12.2. The Morgan fingerprint density at radius 2 is 2.14 bits per heavy atom. The smallest absolute Gasteiger partial charge is 0.315 e. The van der Waals surface area contributed by atoms with Crippen LogP contribution < -0.4 is 10.6 Å². The SMILES string of the molecule is COCC(NC(=O)NC1(COC)CC1)c1cccc(Cl)c1. The van der Waals surface area contributed by atoms with Gasteiger partial charge in [0, 0.05) is 19.2 Å². The Morgan fingerprint density at radius 3 is 2.71 bits per heavy atom. The summed E-state index contributed by atoms with van der Waals surface area (Å²) in [6.45, 7) is 0.914. The maximum atomic E-state index is 12.2. The first kappa shape index (κ1) is 16.1. The van der Waals surface area contributed by atoms with Crippen LogP contribution in [0.1, 0.15) is 24.4 Å². The number of amides is 2. The van der Waals surface area contributed by atoms with E-state index in [2.05, 4.69) is 10.6 Å². The van der Waals surface area contributed by atoms with Gasteiger partial charge in [-0.2, -0.15) is 0 Å². The van der Waals surface area contributed by atoms with Crippen LogP contribution in [0.3, 0.4) is 0 Å². The van der Waals surface area contributed by atoms with Gasteiger partial charge in [0.25, 0.3) is 0 Å². The quantitative estimate of drug-likeness (QED) is 0.813. The molecule has 2 amide bonds. The molecule has 1 aromatic carbocycles. The van der Waals surface area contributed by atoms with Gasteiger partial charge >= 0.3 is 6.03 Å². The van der Waals surface area contributed by atoms with E-state index in [0.29, 0.717) is 18.2 Å². The van der Waals surface area contributed by atoms with Crippen molar-refractivity contribution >= 4 is 17.6 Å². The van der Waals surface area contributed by atoms with E-state index in [4.69, 9.17) is 21.1 Å². The summed E-state index contributed by atoms with van der Waals surface area (Å²) < 4.78 is 10.3. The summed E-state index contributed by atoms with van der Waals surface area (Å²) in [5.74, 6) is 0. The third-order valence-electron chi connectivity index (χ3n) is 3.54. The normalized spacial score (nSPS) is 17.1. The highest BCUT2D eigenvalue weighted by Gasteiger charge is 2.44. The highest BCUT2D eigenvalue weighted by Crippen LogP contribution is 2.35. The minimum absolute atomic E-state index is 0.204. The lowest BCUT2D eigenvalue weighted by atomic mass is 10.1. The maximum absolute atomic E-state index is 12.2. The standard InChI is InChI=1S/C15H21ClN2O3/c1-20-9-13(11-4-3-5-12(16)8-11)17-14(19)18-15(6-7-15)10-21-2/h3-5,8,13H,6-7,9-10H2,1-2H3,(H2,17,18,19). The Hall–Kier alpha value is -1.30. The van der Waals surface area contributed by atoms with E-state index in [1.807, 2.05) is 18.2 Å². The molecule has 0 bridgehead atoms. The molecule has 2 rings (SSSR count). The van der Waals surface area contributed by atoms with Crippen molar-refractivity contribution in [2.45, 2.75) is 24.4 Å². The second-order valence-corrected chi connectivity index (χ2v) is 5.81. The summed E-state index contributed by atoms with van der Waals surface area (Å²) in [5, 5.41) is 6.54. The molecule has 5 nitrogen and oxygen atoms in total. The van der Waals surface area contributed by atoms with Gasteiger partial charge in [0.05, 0.1) is 24.8 Å².